The molecule has 1 N–H and O–H groups in total. The smallest absolute Gasteiger partial charge is 0.184 e. The molecule has 1 heterocycles. The van der Waals surface area contributed by atoms with Gasteiger partial charge in [0.05, 0.1) is 5.60 Å². The van der Waals surface area contributed by atoms with Crippen molar-refractivity contribution in [1.29, 1.82) is 0 Å². The first-order valence-electron chi connectivity index (χ1n) is 9.84. The van der Waals surface area contributed by atoms with E-state index in [2.05, 4.69) is 29.6 Å². The van der Waals surface area contributed by atoms with Gasteiger partial charge in [-0.25, -0.2) is 0 Å². The molecule has 4 rings (SSSR count). The Kier molecular flexibility index (Phi) is 4.93. The van der Waals surface area contributed by atoms with Gasteiger partial charge in [0.15, 0.2) is 6.29 Å². The van der Waals surface area contributed by atoms with Gasteiger partial charge in [0, 0.05) is 18.7 Å². The molecule has 3 aliphatic rings. The summed E-state index contributed by atoms with van der Waals surface area (Å²) >= 11 is 0. The summed E-state index contributed by atoms with van der Waals surface area (Å²) in [5, 5.41) is 3.86. The summed E-state index contributed by atoms with van der Waals surface area (Å²) in [6, 6.07) is 9.28. The van der Waals surface area contributed by atoms with E-state index < -0.39 is 0 Å². The van der Waals surface area contributed by atoms with Gasteiger partial charge in [-0.15, -0.1) is 0 Å². The number of methoxy groups -OCH3 is 1. The molecule has 0 radical (unpaired) electrons. The molecule has 24 heavy (non-hydrogen) atoms. The molecular formula is C21H31NO2. The van der Waals surface area contributed by atoms with E-state index >= 15 is 0 Å². The minimum atomic E-state index is -0.187. The normalized spacial score (nSPS) is 33.7. The van der Waals surface area contributed by atoms with E-state index in [-0.39, 0.29) is 11.9 Å². The lowest BCUT2D eigenvalue weighted by molar-refractivity contribution is -0.199. The maximum absolute atomic E-state index is 6.40. The van der Waals surface area contributed by atoms with Crippen LogP contribution in [-0.4, -0.2) is 19.7 Å². The maximum Gasteiger partial charge on any atom is 0.184 e. The molecule has 3 heteroatoms. The Balaban J connectivity index is 1.36. The maximum atomic E-state index is 6.40. The van der Waals surface area contributed by atoms with Crippen molar-refractivity contribution in [3.63, 3.8) is 0 Å². The predicted molar refractivity (Wildman–Crippen MR) is 95.8 cm³/mol. The summed E-state index contributed by atoms with van der Waals surface area (Å²) in [7, 11) is 1.75. The number of ether oxygens (including phenoxy) is 2. The second-order valence-electron chi connectivity index (χ2n) is 7.95. The number of rotatable bonds is 4. The molecule has 2 saturated carbocycles. The van der Waals surface area contributed by atoms with Gasteiger partial charge < -0.3 is 14.8 Å². The molecule has 3 nitrogen and oxygen atoms in total. The van der Waals surface area contributed by atoms with Crippen molar-refractivity contribution < 1.29 is 9.47 Å². The predicted octanol–water partition coefficient (Wildman–Crippen LogP) is 4.67. The zero-order valence-electron chi connectivity index (χ0n) is 14.9. The Bertz CT molecular complexity index is 545. The average molecular weight is 329 g/mol. The van der Waals surface area contributed by atoms with Gasteiger partial charge in [-0.2, -0.15) is 0 Å². The Morgan fingerprint density at radius 1 is 1.08 bits per heavy atom. The van der Waals surface area contributed by atoms with Crippen LogP contribution in [0.3, 0.4) is 0 Å². The molecule has 132 valence electrons. The van der Waals surface area contributed by atoms with Crippen LogP contribution in [0.15, 0.2) is 24.3 Å². The van der Waals surface area contributed by atoms with Crippen LogP contribution in [0.5, 0.6) is 0 Å². The highest BCUT2D eigenvalue weighted by Crippen LogP contribution is 2.51. The fourth-order valence-corrected chi connectivity index (χ4v) is 5.02. The second kappa shape index (κ2) is 7.15. The van der Waals surface area contributed by atoms with E-state index in [1.54, 1.807) is 7.11 Å². The van der Waals surface area contributed by atoms with Gasteiger partial charge in [0.2, 0.25) is 0 Å². The molecule has 1 aromatic rings. The lowest BCUT2D eigenvalue weighted by Crippen LogP contribution is -2.41. The van der Waals surface area contributed by atoms with Crippen molar-refractivity contribution in [3.8, 4) is 0 Å². The third-order valence-corrected chi connectivity index (χ3v) is 6.47. The number of benzene rings is 1. The molecule has 1 aromatic carbocycles. The quantitative estimate of drug-likeness (QED) is 0.871. The molecule has 1 aliphatic heterocycles. The van der Waals surface area contributed by atoms with Crippen LogP contribution < -0.4 is 5.32 Å². The van der Waals surface area contributed by atoms with Gasteiger partial charge in [-0.3, -0.25) is 0 Å². The third kappa shape index (κ3) is 3.14. The zero-order valence-corrected chi connectivity index (χ0v) is 14.9. The first-order valence-corrected chi connectivity index (χ1v) is 9.84. The van der Waals surface area contributed by atoms with Crippen molar-refractivity contribution in [2.24, 2.45) is 5.92 Å². The lowest BCUT2D eigenvalue weighted by Gasteiger charge is -2.38. The van der Waals surface area contributed by atoms with E-state index in [9.17, 15) is 0 Å². The van der Waals surface area contributed by atoms with Gasteiger partial charge in [0.25, 0.3) is 0 Å². The van der Waals surface area contributed by atoms with E-state index in [4.69, 9.17) is 9.47 Å². The van der Waals surface area contributed by atoms with Crippen LogP contribution in [0, 0.1) is 5.92 Å². The van der Waals surface area contributed by atoms with Gasteiger partial charge in [-0.05, 0) is 56.6 Å². The SMILES string of the molecule is COC1OC2(CCC(NCC3CCCCC3)CC2)c2ccccc21. The van der Waals surface area contributed by atoms with Crippen molar-refractivity contribution in [3.05, 3.63) is 35.4 Å². The van der Waals surface area contributed by atoms with Crippen LogP contribution in [0.4, 0.5) is 0 Å². The molecule has 1 spiro atoms. The molecule has 1 unspecified atom stereocenters. The topological polar surface area (TPSA) is 30.5 Å². The summed E-state index contributed by atoms with van der Waals surface area (Å²) in [5.74, 6) is 0.913. The van der Waals surface area contributed by atoms with Gasteiger partial charge in [-0.1, -0.05) is 43.5 Å². The Labute approximate surface area is 146 Å². The zero-order chi connectivity index (χ0) is 16.4. The summed E-state index contributed by atoms with van der Waals surface area (Å²) in [6.07, 6.45) is 11.6. The van der Waals surface area contributed by atoms with Gasteiger partial charge >= 0.3 is 0 Å². The van der Waals surface area contributed by atoms with Crippen LogP contribution in [0.25, 0.3) is 0 Å². The largest absolute Gasteiger partial charge is 0.352 e. The highest BCUT2D eigenvalue weighted by Gasteiger charge is 2.46. The summed E-state index contributed by atoms with van der Waals surface area (Å²) in [5.41, 5.74) is 2.48. The highest BCUT2D eigenvalue weighted by molar-refractivity contribution is 5.37. The van der Waals surface area contributed by atoms with Crippen LogP contribution >= 0.6 is 0 Å². The molecule has 0 bridgehead atoms. The fraction of sp³-hybridized carbons (Fsp3) is 0.714. The summed E-state index contributed by atoms with van der Waals surface area (Å²) < 4.78 is 12.0. The van der Waals surface area contributed by atoms with Crippen molar-refractivity contribution in [2.75, 3.05) is 13.7 Å². The second-order valence-corrected chi connectivity index (χ2v) is 7.95. The molecule has 1 atom stereocenters. The average Bonchev–Trinajstić information content (AvgIpc) is 2.96. The van der Waals surface area contributed by atoms with Crippen molar-refractivity contribution in [2.45, 2.75) is 75.7 Å². The minimum absolute atomic E-state index is 0.111. The van der Waals surface area contributed by atoms with Crippen molar-refractivity contribution in [1.82, 2.24) is 5.32 Å². The Morgan fingerprint density at radius 3 is 2.58 bits per heavy atom. The Hall–Kier alpha value is -0.900. The van der Waals surface area contributed by atoms with E-state index in [0.29, 0.717) is 6.04 Å². The van der Waals surface area contributed by atoms with Crippen LogP contribution in [0.1, 0.15) is 75.2 Å². The monoisotopic (exact) mass is 329 g/mol. The lowest BCUT2D eigenvalue weighted by atomic mass is 9.77. The standard InChI is InChI=1S/C21H31NO2/c1-23-20-18-9-5-6-10-19(18)21(24-20)13-11-17(12-14-21)22-15-16-7-3-2-4-8-16/h5-6,9-10,16-17,20,22H,2-4,7-8,11-15H2,1H3. The third-order valence-electron chi connectivity index (χ3n) is 6.47. The number of fused-ring (bicyclic) bond motifs is 2. The molecule has 2 fully saturated rings. The van der Waals surface area contributed by atoms with E-state index in [0.717, 1.165) is 18.8 Å². The first-order chi connectivity index (χ1) is 11.8. The van der Waals surface area contributed by atoms with Gasteiger partial charge in [0.1, 0.15) is 0 Å². The number of hydrogen-bond donors (Lipinski definition) is 1. The first kappa shape index (κ1) is 16.6. The summed E-state index contributed by atoms with van der Waals surface area (Å²) in [4.78, 5) is 0. The Morgan fingerprint density at radius 2 is 1.83 bits per heavy atom. The molecule has 2 aliphatic carbocycles. The minimum Gasteiger partial charge on any atom is -0.352 e. The van der Waals surface area contributed by atoms with E-state index in [1.807, 2.05) is 0 Å². The molecule has 0 amide bonds. The summed E-state index contributed by atoms with van der Waals surface area (Å²) in [6.45, 7) is 1.22. The molecule has 0 saturated heterocycles. The van der Waals surface area contributed by atoms with Crippen LogP contribution in [0.2, 0.25) is 0 Å². The van der Waals surface area contributed by atoms with Crippen molar-refractivity contribution >= 4 is 0 Å². The highest BCUT2D eigenvalue weighted by atomic mass is 16.7. The fourth-order valence-electron chi connectivity index (χ4n) is 5.02. The molecule has 0 aromatic heterocycles. The molecular weight excluding hydrogens is 298 g/mol. The number of hydrogen-bond acceptors (Lipinski definition) is 3. The number of nitrogens with one attached hydrogen (secondary N) is 1. The van der Waals surface area contributed by atoms with Crippen LogP contribution in [-0.2, 0) is 15.1 Å². The van der Waals surface area contributed by atoms with E-state index in [1.165, 1.54) is 62.6 Å².